The topological polar surface area (TPSA) is 115 Å². The van der Waals surface area contributed by atoms with Gasteiger partial charge in [0.2, 0.25) is 0 Å². The summed E-state index contributed by atoms with van der Waals surface area (Å²) in [4.78, 5) is 36.9. The van der Waals surface area contributed by atoms with Crippen molar-refractivity contribution in [2.45, 2.75) is 107 Å². The van der Waals surface area contributed by atoms with Crippen LogP contribution in [-0.2, 0) is 25.7 Å². The molecule has 16 bridgehead atoms. The zero-order valence-electron chi connectivity index (χ0n) is 38.5. The largest absolute Gasteiger partial charge is 0.355 e. The van der Waals surface area contributed by atoms with Crippen LogP contribution in [0.1, 0.15) is 149 Å². The van der Waals surface area contributed by atoms with Gasteiger partial charge < -0.3 is 19.9 Å². The third-order valence-corrected chi connectivity index (χ3v) is 13.6. The van der Waals surface area contributed by atoms with Crippen molar-refractivity contribution < 1.29 is 0 Å². The molecule has 10 heterocycles. The molecule has 0 saturated heterocycles. The molecule has 4 aliphatic heterocycles. The summed E-state index contributed by atoms with van der Waals surface area (Å²) >= 11 is 0. The van der Waals surface area contributed by atoms with Crippen LogP contribution in [0.4, 0.5) is 0 Å². The summed E-state index contributed by atoms with van der Waals surface area (Å²) in [5.41, 5.74) is 28.4. The highest BCUT2D eigenvalue weighted by atomic mass is 14.8. The Kier molecular flexibility index (Phi) is 10.8. The molecular weight excluding hydrogens is 785 g/mol. The highest BCUT2D eigenvalue weighted by molar-refractivity contribution is 6.01. The Hall–Kier alpha value is -6.80. The van der Waals surface area contributed by atoms with Crippen molar-refractivity contribution in [2.24, 2.45) is 0 Å². The van der Waals surface area contributed by atoms with E-state index in [1.807, 2.05) is 0 Å². The van der Waals surface area contributed by atoms with Gasteiger partial charge in [0.1, 0.15) is 0 Å². The number of rotatable bonds is 9. The van der Waals surface area contributed by atoms with Gasteiger partial charge in [-0.05, 0) is 181 Å². The van der Waals surface area contributed by atoms with Crippen molar-refractivity contribution in [1.82, 2.24) is 39.9 Å². The molecule has 0 spiro atoms. The van der Waals surface area contributed by atoms with Crippen molar-refractivity contribution in [3.63, 3.8) is 0 Å². The average molecular weight is 843 g/mol. The fraction of sp³-hybridized carbons (Fsp3) is 0.286. The molecule has 0 aromatic carbocycles. The maximum atomic E-state index is 5.43. The maximum Gasteiger partial charge on any atom is 0.0738 e. The monoisotopic (exact) mass is 842 g/mol. The molecule has 4 aliphatic rings. The van der Waals surface area contributed by atoms with Crippen LogP contribution >= 0.6 is 0 Å². The van der Waals surface area contributed by atoms with Crippen molar-refractivity contribution in [1.29, 1.82) is 0 Å². The first-order valence-corrected chi connectivity index (χ1v) is 23.6. The first-order chi connectivity index (χ1) is 31.3. The van der Waals surface area contributed by atoms with Crippen molar-refractivity contribution in [3.8, 4) is 11.1 Å². The highest BCUT2D eigenvalue weighted by Crippen LogP contribution is 2.40. The van der Waals surface area contributed by atoms with Gasteiger partial charge in [-0.3, -0.25) is 0 Å². The van der Waals surface area contributed by atoms with E-state index in [-0.39, 0.29) is 0 Å². The summed E-state index contributed by atoms with van der Waals surface area (Å²) in [6.07, 6.45) is 15.9. The number of H-pyrrole nitrogens is 4. The molecular formula is C56H58N8. The third kappa shape index (κ3) is 6.91. The summed E-state index contributed by atoms with van der Waals surface area (Å²) in [5, 5.41) is 0. The van der Waals surface area contributed by atoms with E-state index in [1.165, 1.54) is 44.5 Å². The Balaban J connectivity index is 1.35. The summed E-state index contributed by atoms with van der Waals surface area (Å²) < 4.78 is 0. The summed E-state index contributed by atoms with van der Waals surface area (Å²) in [5.74, 6) is 0. The Bertz CT molecular complexity index is 3140. The molecule has 0 radical (unpaired) electrons. The molecule has 8 heteroatoms. The van der Waals surface area contributed by atoms with Crippen molar-refractivity contribution >= 4 is 90.7 Å². The number of nitrogens with one attached hydrogen (secondary N) is 4. The normalized spacial score (nSPS) is 13.6. The summed E-state index contributed by atoms with van der Waals surface area (Å²) in [6.45, 7) is 18.0. The van der Waals surface area contributed by atoms with Gasteiger partial charge >= 0.3 is 0 Å². The van der Waals surface area contributed by atoms with Gasteiger partial charge in [-0.2, -0.15) is 0 Å². The van der Waals surface area contributed by atoms with Crippen LogP contribution in [0, 0.1) is 0 Å². The second-order valence-corrected chi connectivity index (χ2v) is 17.1. The predicted molar refractivity (Wildman–Crippen MR) is 271 cm³/mol. The van der Waals surface area contributed by atoms with Gasteiger partial charge in [-0.1, -0.05) is 55.4 Å². The van der Waals surface area contributed by atoms with Crippen LogP contribution in [0.3, 0.4) is 0 Å². The second-order valence-electron chi connectivity index (χ2n) is 17.1. The van der Waals surface area contributed by atoms with Gasteiger partial charge in [0.25, 0.3) is 0 Å². The highest BCUT2D eigenvalue weighted by Gasteiger charge is 2.23. The van der Waals surface area contributed by atoms with E-state index in [0.717, 1.165) is 152 Å². The first kappa shape index (κ1) is 41.2. The van der Waals surface area contributed by atoms with Gasteiger partial charge in [-0.15, -0.1) is 0 Å². The zero-order valence-corrected chi connectivity index (χ0v) is 38.5. The smallest absolute Gasteiger partial charge is 0.0738 e. The zero-order chi connectivity index (χ0) is 44.2. The molecule has 0 fully saturated rings. The van der Waals surface area contributed by atoms with Crippen LogP contribution < -0.4 is 0 Å². The minimum Gasteiger partial charge on any atom is -0.355 e. The molecule has 322 valence electrons. The number of aryl methyl sites for hydroxylation is 4. The van der Waals surface area contributed by atoms with E-state index in [4.69, 9.17) is 19.9 Å². The lowest BCUT2D eigenvalue weighted by Gasteiger charge is -2.06. The van der Waals surface area contributed by atoms with Gasteiger partial charge in [-0.25, -0.2) is 19.9 Å². The molecule has 4 N–H and O–H groups in total. The molecule has 0 unspecified atom stereocenters. The number of hydrogen-bond acceptors (Lipinski definition) is 4. The number of aromatic nitrogens is 8. The van der Waals surface area contributed by atoms with E-state index in [1.54, 1.807) is 0 Å². The number of nitrogens with zero attached hydrogens (tertiary/aromatic N) is 4. The SMILES string of the molecule is CCC1=C(CC)c2cc3[nH]c(cc4nc(c(-c5c6nc(cc7[nH]c(cc8nc(cc9ccc5[nH]9)C(CC)=C8CC)c(CC)c7CC)C=C6)c5ccc(cc1n2)[nH]5)C=C4)c(CC)c3CC. The Morgan fingerprint density at radius 1 is 0.328 bits per heavy atom. The van der Waals surface area contributed by atoms with Gasteiger partial charge in [0, 0.05) is 55.3 Å². The molecule has 8 nitrogen and oxygen atoms in total. The van der Waals surface area contributed by atoms with E-state index < -0.39 is 0 Å². The Labute approximate surface area is 375 Å². The molecule has 6 aromatic rings. The lowest BCUT2D eigenvalue weighted by molar-refractivity contribution is 1.07. The molecule has 64 heavy (non-hydrogen) atoms. The summed E-state index contributed by atoms with van der Waals surface area (Å²) in [7, 11) is 0. The Morgan fingerprint density at radius 3 is 1.02 bits per heavy atom. The number of allylic oxidation sites excluding steroid dienone is 4. The average Bonchev–Trinajstić information content (AvgIpc) is 4.16. The molecule has 0 saturated carbocycles. The Morgan fingerprint density at radius 2 is 0.672 bits per heavy atom. The van der Waals surface area contributed by atoms with E-state index in [2.05, 4.69) is 160 Å². The fourth-order valence-corrected chi connectivity index (χ4v) is 10.7. The second kappa shape index (κ2) is 16.7. The third-order valence-electron chi connectivity index (χ3n) is 13.6. The molecule has 0 aliphatic carbocycles. The minimum atomic E-state index is 0.863. The van der Waals surface area contributed by atoms with Crippen LogP contribution in [0.5, 0.6) is 0 Å². The lowest BCUT2D eigenvalue weighted by Crippen LogP contribution is -1.90. The molecule has 6 aromatic heterocycles. The van der Waals surface area contributed by atoms with E-state index in [9.17, 15) is 0 Å². The van der Waals surface area contributed by atoms with Gasteiger partial charge in [0.05, 0.1) is 45.6 Å². The van der Waals surface area contributed by atoms with Crippen LogP contribution in [0.25, 0.3) is 102 Å². The molecule has 0 atom stereocenters. The predicted octanol–water partition coefficient (Wildman–Crippen LogP) is 14.7. The first-order valence-electron chi connectivity index (χ1n) is 23.6. The summed E-state index contributed by atoms with van der Waals surface area (Å²) in [6, 6.07) is 22.1. The molecule has 0 amide bonds. The minimum absolute atomic E-state index is 0.863. The van der Waals surface area contributed by atoms with E-state index in [0.29, 0.717) is 0 Å². The maximum absolute atomic E-state index is 5.43. The van der Waals surface area contributed by atoms with Crippen LogP contribution in [0.15, 0.2) is 60.7 Å². The number of aromatic amines is 4. The lowest BCUT2D eigenvalue weighted by atomic mass is 10.00. The van der Waals surface area contributed by atoms with Crippen LogP contribution in [0.2, 0.25) is 0 Å². The fourth-order valence-electron chi connectivity index (χ4n) is 10.7. The van der Waals surface area contributed by atoms with Gasteiger partial charge in [0.15, 0.2) is 0 Å². The van der Waals surface area contributed by atoms with Crippen molar-refractivity contribution in [3.05, 3.63) is 128 Å². The van der Waals surface area contributed by atoms with Crippen molar-refractivity contribution in [2.75, 3.05) is 0 Å². The van der Waals surface area contributed by atoms with Crippen LogP contribution in [-0.4, -0.2) is 39.9 Å². The standard InChI is InChI=1S/C56H58N8/c1-9-35-39(13-5)51-29-52-40(14-6)36(10-2)48(62-52)26-32-18-22-44(58-32)55(43-21-17-31(57-43)25-47(35)61-51)56-45-23-19-33(59-45)27-49-37(11-3)41(15-7)53(63-49)30-54-42(16-8)38(12-4)50(64-54)28-34-20-24-46(56)60-34/h17-30,57,59,62,64H,9-16H2,1-8H3. The molecule has 10 rings (SSSR count). The number of fused-ring (bicyclic) bond motifs is 16. The van der Waals surface area contributed by atoms with E-state index >= 15 is 0 Å². The number of hydrogen-bond donors (Lipinski definition) is 4. The quantitative estimate of drug-likeness (QED) is 0.116.